The third kappa shape index (κ3) is 3.48. The molecule has 136 valence electrons. The quantitative estimate of drug-likeness (QED) is 0.624. The number of halogens is 4. The maximum atomic E-state index is 12.8. The summed E-state index contributed by atoms with van der Waals surface area (Å²) >= 11 is 6.14. The Labute approximate surface area is 151 Å². The number of aromatic nitrogens is 1. The highest BCUT2D eigenvalue weighted by Gasteiger charge is 2.31. The van der Waals surface area contributed by atoms with Crippen LogP contribution in [-0.2, 0) is 0 Å². The molecule has 0 spiro atoms. The largest absolute Gasteiger partial charge is 0.573 e. The summed E-state index contributed by atoms with van der Waals surface area (Å²) in [5, 5.41) is 1.11. The molecule has 0 saturated carbocycles. The second kappa shape index (κ2) is 6.57. The van der Waals surface area contributed by atoms with Crippen LogP contribution < -0.4 is 9.47 Å². The molecule has 1 aromatic heterocycles. The molecular formula is C18H13ClF3NO3. The predicted molar refractivity (Wildman–Crippen MR) is 91.1 cm³/mol. The number of aryl methyl sites for hydroxylation is 1. The van der Waals surface area contributed by atoms with E-state index in [4.69, 9.17) is 16.3 Å². The van der Waals surface area contributed by atoms with Gasteiger partial charge in [-0.2, -0.15) is 0 Å². The highest BCUT2D eigenvalue weighted by Crippen LogP contribution is 2.32. The maximum absolute atomic E-state index is 12.8. The molecule has 2 aromatic carbocycles. The smallest absolute Gasteiger partial charge is 0.495 e. The highest BCUT2D eigenvalue weighted by atomic mass is 35.5. The van der Waals surface area contributed by atoms with Gasteiger partial charge in [0.1, 0.15) is 11.5 Å². The van der Waals surface area contributed by atoms with E-state index in [0.29, 0.717) is 22.0 Å². The summed E-state index contributed by atoms with van der Waals surface area (Å²) in [5.41, 5.74) is 1.45. The van der Waals surface area contributed by atoms with Gasteiger partial charge >= 0.3 is 6.36 Å². The van der Waals surface area contributed by atoms with Gasteiger partial charge < -0.3 is 9.47 Å². The zero-order chi connectivity index (χ0) is 19.1. The number of ether oxygens (including phenoxy) is 2. The summed E-state index contributed by atoms with van der Waals surface area (Å²) in [6.45, 7) is 1.75. The predicted octanol–water partition coefficient (Wildman–Crippen LogP) is 5.20. The molecule has 0 aliphatic heterocycles. The lowest BCUT2D eigenvalue weighted by Gasteiger charge is -2.11. The van der Waals surface area contributed by atoms with Gasteiger partial charge in [-0.3, -0.25) is 9.36 Å². The fourth-order valence-corrected chi connectivity index (χ4v) is 2.94. The van der Waals surface area contributed by atoms with Gasteiger partial charge in [0.2, 0.25) is 0 Å². The number of methoxy groups -OCH3 is 1. The van der Waals surface area contributed by atoms with E-state index in [-0.39, 0.29) is 5.56 Å². The van der Waals surface area contributed by atoms with E-state index >= 15 is 0 Å². The van der Waals surface area contributed by atoms with Gasteiger partial charge in [-0.25, -0.2) is 0 Å². The summed E-state index contributed by atoms with van der Waals surface area (Å²) in [6.07, 6.45) is -4.78. The van der Waals surface area contributed by atoms with E-state index in [2.05, 4.69) is 4.74 Å². The maximum Gasteiger partial charge on any atom is 0.573 e. The Morgan fingerprint density at radius 3 is 2.35 bits per heavy atom. The van der Waals surface area contributed by atoms with Gasteiger partial charge in [-0.05, 0) is 49.4 Å². The van der Waals surface area contributed by atoms with Crippen molar-refractivity contribution >= 4 is 28.4 Å². The van der Waals surface area contributed by atoms with E-state index < -0.39 is 18.0 Å². The zero-order valence-corrected chi connectivity index (χ0v) is 14.5. The Bertz CT molecular complexity index is 978. The molecule has 0 aliphatic carbocycles. The van der Waals surface area contributed by atoms with Crippen molar-refractivity contribution in [2.75, 3.05) is 7.11 Å². The van der Waals surface area contributed by atoms with Gasteiger partial charge in [0.15, 0.2) is 0 Å². The number of hydrogen-bond acceptors (Lipinski definition) is 3. The number of hydrogen-bond donors (Lipinski definition) is 0. The van der Waals surface area contributed by atoms with Crippen molar-refractivity contribution < 1.29 is 27.4 Å². The first kappa shape index (κ1) is 18.1. The lowest BCUT2D eigenvalue weighted by Crippen LogP contribution is -2.17. The van der Waals surface area contributed by atoms with Crippen LogP contribution in [0.1, 0.15) is 16.1 Å². The molecule has 0 N–H and O–H groups in total. The average molecular weight is 384 g/mol. The third-order valence-corrected chi connectivity index (χ3v) is 4.09. The average Bonchev–Trinajstić information content (AvgIpc) is 2.87. The first-order valence-corrected chi connectivity index (χ1v) is 7.83. The van der Waals surface area contributed by atoms with Crippen LogP contribution in [0, 0.1) is 6.92 Å². The van der Waals surface area contributed by atoms with Crippen LogP contribution in [0.5, 0.6) is 11.5 Å². The number of carbonyl (C=O) groups is 1. The van der Waals surface area contributed by atoms with Crippen LogP contribution in [-0.4, -0.2) is 23.9 Å². The number of alkyl halides is 3. The standard InChI is InChI=1S/C18H13ClF3NO3/c1-10-7-12-8-16(25-2)14(19)9-15(12)23(10)17(24)11-3-5-13(6-4-11)26-18(20,21)22/h3-9H,1-2H3. The topological polar surface area (TPSA) is 40.5 Å². The summed E-state index contributed by atoms with van der Waals surface area (Å²) in [7, 11) is 1.49. The molecule has 26 heavy (non-hydrogen) atoms. The van der Waals surface area contributed by atoms with Gasteiger partial charge in [-0.15, -0.1) is 13.2 Å². The van der Waals surface area contributed by atoms with Crippen molar-refractivity contribution in [3.8, 4) is 11.5 Å². The van der Waals surface area contributed by atoms with Crippen LogP contribution in [0.3, 0.4) is 0 Å². The Balaban J connectivity index is 2.00. The number of benzene rings is 2. The molecule has 4 nitrogen and oxygen atoms in total. The molecule has 0 fully saturated rings. The van der Waals surface area contributed by atoms with Gasteiger partial charge in [0, 0.05) is 16.6 Å². The molecular weight excluding hydrogens is 371 g/mol. The molecule has 1 heterocycles. The summed E-state index contributed by atoms with van der Waals surface area (Å²) in [5.74, 6) is -0.300. The first-order chi connectivity index (χ1) is 12.2. The van der Waals surface area contributed by atoms with Crippen molar-refractivity contribution in [2.45, 2.75) is 13.3 Å². The minimum absolute atomic E-state index is 0.215. The molecule has 0 amide bonds. The second-order valence-corrected chi connectivity index (χ2v) is 5.95. The van der Waals surface area contributed by atoms with E-state index in [0.717, 1.165) is 17.5 Å². The van der Waals surface area contributed by atoms with Crippen LogP contribution in [0.4, 0.5) is 13.2 Å². The lowest BCUT2D eigenvalue weighted by atomic mass is 10.2. The summed E-state index contributed by atoms with van der Waals surface area (Å²) in [4.78, 5) is 12.8. The molecule has 0 bridgehead atoms. The Morgan fingerprint density at radius 1 is 1.12 bits per heavy atom. The third-order valence-electron chi connectivity index (χ3n) is 3.80. The number of nitrogens with zero attached hydrogens (tertiary/aromatic N) is 1. The molecule has 3 aromatic rings. The van der Waals surface area contributed by atoms with Crippen LogP contribution in [0.15, 0.2) is 42.5 Å². The Morgan fingerprint density at radius 2 is 1.77 bits per heavy atom. The molecule has 0 aliphatic rings. The number of rotatable bonds is 3. The Hall–Kier alpha value is -2.67. The lowest BCUT2D eigenvalue weighted by molar-refractivity contribution is -0.274. The van der Waals surface area contributed by atoms with Crippen molar-refractivity contribution in [1.82, 2.24) is 4.57 Å². The molecule has 3 rings (SSSR count). The first-order valence-electron chi connectivity index (χ1n) is 7.45. The van der Waals surface area contributed by atoms with Crippen LogP contribution >= 0.6 is 11.6 Å². The van der Waals surface area contributed by atoms with Gasteiger partial charge in [0.25, 0.3) is 5.91 Å². The summed E-state index contributed by atoms with van der Waals surface area (Å²) in [6, 6.07) is 9.87. The van der Waals surface area contributed by atoms with Gasteiger partial charge in [-0.1, -0.05) is 11.6 Å². The molecule has 0 saturated heterocycles. The molecule has 0 atom stereocenters. The van der Waals surface area contributed by atoms with E-state index in [1.54, 1.807) is 25.1 Å². The van der Waals surface area contributed by atoms with Crippen molar-refractivity contribution in [1.29, 1.82) is 0 Å². The number of carbonyl (C=O) groups excluding carboxylic acids is 1. The summed E-state index contributed by atoms with van der Waals surface area (Å²) < 4.78 is 47.1. The van der Waals surface area contributed by atoms with Gasteiger partial charge in [0.05, 0.1) is 17.6 Å². The van der Waals surface area contributed by atoms with Crippen LogP contribution in [0.25, 0.3) is 10.9 Å². The SMILES string of the molecule is COc1cc2cc(C)n(C(=O)c3ccc(OC(F)(F)F)cc3)c2cc1Cl. The normalized spacial score (nSPS) is 11.6. The monoisotopic (exact) mass is 383 g/mol. The zero-order valence-electron chi connectivity index (χ0n) is 13.7. The van der Waals surface area contributed by atoms with Crippen molar-refractivity contribution in [3.63, 3.8) is 0 Å². The van der Waals surface area contributed by atoms with E-state index in [9.17, 15) is 18.0 Å². The highest BCUT2D eigenvalue weighted by molar-refractivity contribution is 6.33. The minimum Gasteiger partial charge on any atom is -0.495 e. The molecule has 0 unspecified atom stereocenters. The van der Waals surface area contributed by atoms with E-state index in [1.165, 1.54) is 23.8 Å². The fraction of sp³-hybridized carbons (Fsp3) is 0.167. The fourth-order valence-electron chi connectivity index (χ4n) is 2.70. The second-order valence-electron chi connectivity index (χ2n) is 5.54. The number of fused-ring (bicyclic) bond motifs is 1. The van der Waals surface area contributed by atoms with Crippen molar-refractivity contribution in [2.24, 2.45) is 0 Å². The van der Waals surface area contributed by atoms with Crippen LogP contribution in [0.2, 0.25) is 5.02 Å². The molecule has 8 heteroatoms. The Kier molecular flexibility index (Phi) is 4.58. The van der Waals surface area contributed by atoms with E-state index in [1.807, 2.05) is 0 Å². The minimum atomic E-state index is -4.78. The molecule has 0 radical (unpaired) electrons. The van der Waals surface area contributed by atoms with Crippen molar-refractivity contribution in [3.05, 3.63) is 58.7 Å².